The highest BCUT2D eigenvalue weighted by atomic mass is 16.7. The van der Waals surface area contributed by atoms with Crippen molar-refractivity contribution in [3.63, 3.8) is 0 Å². The lowest BCUT2D eigenvalue weighted by atomic mass is 9.93. The van der Waals surface area contributed by atoms with Crippen molar-refractivity contribution in [2.45, 2.75) is 146 Å². The lowest BCUT2D eigenvalue weighted by Gasteiger charge is -2.39. The number of hydrogen-bond donors (Lipinski definition) is 0. The summed E-state index contributed by atoms with van der Waals surface area (Å²) in [5.74, 6) is 2.72. The van der Waals surface area contributed by atoms with Crippen LogP contribution >= 0.6 is 0 Å². The summed E-state index contributed by atoms with van der Waals surface area (Å²) in [6, 6.07) is 0. The minimum atomic E-state index is 0.0165. The first-order valence-electron chi connectivity index (χ1n) is 14.2. The van der Waals surface area contributed by atoms with Gasteiger partial charge in [0.15, 0.2) is 0 Å². The normalized spacial score (nSPS) is 27.7. The van der Waals surface area contributed by atoms with Crippen molar-refractivity contribution in [1.29, 1.82) is 0 Å². The second kappa shape index (κ2) is 19.4. The minimum Gasteiger partial charge on any atom is -0.370 e. The monoisotopic (exact) mass is 496 g/mol. The van der Waals surface area contributed by atoms with Gasteiger partial charge in [0.2, 0.25) is 0 Å². The molecule has 0 aliphatic carbocycles. The first-order chi connectivity index (χ1) is 17.2. The van der Waals surface area contributed by atoms with Crippen LogP contribution in [0.3, 0.4) is 0 Å². The first kappa shape index (κ1) is 30.5. The Labute approximate surface area is 215 Å². The minimum absolute atomic E-state index is 0.0165. The summed E-state index contributed by atoms with van der Waals surface area (Å²) in [5.41, 5.74) is 0. The van der Waals surface area contributed by atoms with E-state index in [0.29, 0.717) is 6.79 Å². The molecule has 0 bridgehead atoms. The summed E-state index contributed by atoms with van der Waals surface area (Å²) in [7, 11) is 3.33. The molecule has 0 aromatic heterocycles. The molecule has 2 saturated heterocycles. The standard InChI is InChI=1S/C29H52O6/c1-5-7-9-10-11-12-13-15-17-26-25(33-23-31-4)18-19-28(34-26)29-21-20-27(35-29)24(32-22-30-3)16-14-8-6-2/h2,24-29H,5,7-23H2,1,3-4H3/t24-,25-,26+,27-,28+,29+/m1/s1. The van der Waals surface area contributed by atoms with Crippen LogP contribution in [0.4, 0.5) is 0 Å². The maximum Gasteiger partial charge on any atom is 0.146 e. The van der Waals surface area contributed by atoms with E-state index in [1.54, 1.807) is 14.2 Å². The summed E-state index contributed by atoms with van der Waals surface area (Å²) in [5, 5.41) is 0. The molecule has 0 spiro atoms. The Morgan fingerprint density at radius 1 is 0.829 bits per heavy atom. The van der Waals surface area contributed by atoms with Crippen molar-refractivity contribution in [1.82, 2.24) is 0 Å². The molecule has 0 N–H and O–H groups in total. The van der Waals surface area contributed by atoms with Crippen molar-refractivity contribution in [3.8, 4) is 12.3 Å². The highest BCUT2D eigenvalue weighted by Crippen LogP contribution is 2.35. The van der Waals surface area contributed by atoms with Crippen LogP contribution in [-0.2, 0) is 28.4 Å². The zero-order valence-electron chi connectivity index (χ0n) is 22.7. The van der Waals surface area contributed by atoms with Gasteiger partial charge in [-0.1, -0.05) is 58.3 Å². The summed E-state index contributed by atoms with van der Waals surface area (Å²) in [4.78, 5) is 0. The van der Waals surface area contributed by atoms with Gasteiger partial charge in [0.05, 0.1) is 36.6 Å². The molecule has 204 valence electrons. The van der Waals surface area contributed by atoms with E-state index < -0.39 is 0 Å². The molecule has 6 atom stereocenters. The molecule has 2 fully saturated rings. The first-order valence-corrected chi connectivity index (χ1v) is 14.2. The Kier molecular flexibility index (Phi) is 17.0. The Morgan fingerprint density at radius 3 is 2.23 bits per heavy atom. The van der Waals surface area contributed by atoms with Gasteiger partial charge in [0.1, 0.15) is 13.6 Å². The van der Waals surface area contributed by atoms with E-state index >= 15 is 0 Å². The van der Waals surface area contributed by atoms with Crippen LogP contribution in [0.2, 0.25) is 0 Å². The van der Waals surface area contributed by atoms with Crippen molar-refractivity contribution >= 4 is 0 Å². The molecule has 6 nitrogen and oxygen atoms in total. The maximum atomic E-state index is 6.65. The van der Waals surface area contributed by atoms with Crippen LogP contribution in [0.25, 0.3) is 0 Å². The van der Waals surface area contributed by atoms with Gasteiger partial charge >= 0.3 is 0 Å². The van der Waals surface area contributed by atoms with Crippen LogP contribution in [0, 0.1) is 12.3 Å². The molecule has 0 amide bonds. The summed E-state index contributed by atoms with van der Waals surface area (Å²) in [6.45, 7) is 2.88. The zero-order valence-corrected chi connectivity index (χ0v) is 22.7. The highest BCUT2D eigenvalue weighted by molar-refractivity contribution is 4.90. The Morgan fingerprint density at radius 2 is 1.51 bits per heavy atom. The lowest BCUT2D eigenvalue weighted by Crippen LogP contribution is -2.45. The summed E-state index contributed by atoms with van der Waals surface area (Å²) >= 11 is 0. The molecule has 2 aliphatic heterocycles. The molecule has 2 aliphatic rings. The molecular weight excluding hydrogens is 444 g/mol. The Hall–Kier alpha value is -0.680. The average molecular weight is 497 g/mol. The van der Waals surface area contributed by atoms with Crippen LogP contribution in [0.5, 0.6) is 0 Å². The number of terminal acetylenes is 1. The predicted octanol–water partition coefficient (Wildman–Crippen LogP) is 6.39. The maximum absolute atomic E-state index is 6.65. The number of rotatable bonds is 20. The average Bonchev–Trinajstić information content (AvgIpc) is 3.37. The molecule has 0 aromatic carbocycles. The van der Waals surface area contributed by atoms with E-state index in [0.717, 1.165) is 51.4 Å². The van der Waals surface area contributed by atoms with E-state index in [9.17, 15) is 0 Å². The van der Waals surface area contributed by atoms with Gasteiger partial charge in [-0.25, -0.2) is 0 Å². The summed E-state index contributed by atoms with van der Waals surface area (Å²) in [6.07, 6.45) is 24.1. The third kappa shape index (κ3) is 11.9. The van der Waals surface area contributed by atoms with Gasteiger partial charge in [0, 0.05) is 20.6 Å². The fourth-order valence-corrected chi connectivity index (χ4v) is 5.42. The van der Waals surface area contributed by atoms with Gasteiger partial charge in [-0.05, 0) is 44.9 Å². The van der Waals surface area contributed by atoms with Crippen molar-refractivity contribution < 1.29 is 28.4 Å². The molecule has 0 saturated carbocycles. The number of ether oxygens (including phenoxy) is 6. The van der Waals surface area contributed by atoms with Crippen LogP contribution < -0.4 is 0 Å². The quantitative estimate of drug-likeness (QED) is 0.111. The zero-order chi connectivity index (χ0) is 25.1. The van der Waals surface area contributed by atoms with Gasteiger partial charge in [-0.15, -0.1) is 12.3 Å². The van der Waals surface area contributed by atoms with Crippen molar-refractivity contribution in [2.75, 3.05) is 27.8 Å². The van der Waals surface area contributed by atoms with Gasteiger partial charge in [-0.2, -0.15) is 0 Å². The Bertz CT molecular complexity index is 550. The molecule has 2 heterocycles. The topological polar surface area (TPSA) is 55.4 Å². The second-order valence-electron chi connectivity index (χ2n) is 10.2. The van der Waals surface area contributed by atoms with Gasteiger partial charge in [0.25, 0.3) is 0 Å². The number of hydrogen-bond acceptors (Lipinski definition) is 6. The lowest BCUT2D eigenvalue weighted by molar-refractivity contribution is -0.202. The van der Waals surface area contributed by atoms with E-state index in [4.69, 9.17) is 34.8 Å². The third-order valence-corrected chi connectivity index (χ3v) is 7.37. The van der Waals surface area contributed by atoms with E-state index in [1.165, 1.54) is 51.4 Å². The molecule has 35 heavy (non-hydrogen) atoms. The van der Waals surface area contributed by atoms with Crippen molar-refractivity contribution in [2.24, 2.45) is 0 Å². The molecule has 6 heteroatoms. The highest BCUT2D eigenvalue weighted by Gasteiger charge is 2.41. The number of unbranched alkanes of at least 4 members (excludes halogenated alkanes) is 8. The fourth-order valence-electron chi connectivity index (χ4n) is 5.42. The molecule has 0 radical (unpaired) electrons. The third-order valence-electron chi connectivity index (χ3n) is 7.37. The molecule has 0 aromatic rings. The molecule has 2 rings (SSSR count). The number of methoxy groups -OCH3 is 2. The fraction of sp³-hybridized carbons (Fsp3) is 0.931. The van der Waals surface area contributed by atoms with Crippen LogP contribution in [-0.4, -0.2) is 64.4 Å². The van der Waals surface area contributed by atoms with Gasteiger partial charge < -0.3 is 28.4 Å². The van der Waals surface area contributed by atoms with E-state index in [2.05, 4.69) is 12.8 Å². The molecule has 0 unspecified atom stereocenters. The van der Waals surface area contributed by atoms with E-state index in [1.807, 2.05) is 0 Å². The van der Waals surface area contributed by atoms with Crippen LogP contribution in [0.1, 0.15) is 110 Å². The van der Waals surface area contributed by atoms with Crippen LogP contribution in [0.15, 0.2) is 0 Å². The Balaban J connectivity index is 1.81. The second-order valence-corrected chi connectivity index (χ2v) is 10.2. The molecular formula is C29H52O6. The SMILES string of the molecule is C#CCCC[C@@H](OCOC)[C@H]1CC[C@@H]([C@@H]2CC[C@@H](OCOC)[C@H](CCCCCCCCCC)O2)O1. The van der Waals surface area contributed by atoms with Crippen molar-refractivity contribution in [3.05, 3.63) is 0 Å². The largest absolute Gasteiger partial charge is 0.370 e. The predicted molar refractivity (Wildman–Crippen MR) is 139 cm³/mol. The summed E-state index contributed by atoms with van der Waals surface area (Å²) < 4.78 is 35.5. The van der Waals surface area contributed by atoms with Gasteiger partial charge in [-0.3, -0.25) is 0 Å². The van der Waals surface area contributed by atoms with E-state index in [-0.39, 0.29) is 43.4 Å². The smallest absolute Gasteiger partial charge is 0.146 e.